The summed E-state index contributed by atoms with van der Waals surface area (Å²) in [5.74, 6) is 0. The Kier molecular flexibility index (Phi) is 5.83. The Morgan fingerprint density at radius 3 is 2.07 bits per heavy atom. The van der Waals surface area contributed by atoms with Gasteiger partial charge in [0.05, 0.1) is 13.2 Å². The first-order valence-electron chi connectivity index (χ1n) is 5.80. The number of rotatable bonds is 6. The van der Waals surface area contributed by atoms with Crippen LogP contribution >= 0.6 is 7.60 Å². The summed E-state index contributed by atoms with van der Waals surface area (Å²) in [6.07, 6.45) is 4.12. The van der Waals surface area contributed by atoms with Gasteiger partial charge in [0, 0.05) is 0 Å². The van der Waals surface area contributed by atoms with Crippen molar-refractivity contribution in [2.45, 2.75) is 33.1 Å². The first-order valence-corrected chi connectivity index (χ1v) is 7.53. The van der Waals surface area contributed by atoms with Gasteiger partial charge in [0.15, 0.2) is 0 Å². The third kappa shape index (κ3) is 4.64. The van der Waals surface area contributed by atoms with Crippen molar-refractivity contribution in [1.82, 2.24) is 4.90 Å². The van der Waals surface area contributed by atoms with Gasteiger partial charge < -0.3 is 9.05 Å². The van der Waals surface area contributed by atoms with Gasteiger partial charge in [0.2, 0.25) is 0 Å². The lowest BCUT2D eigenvalue weighted by molar-refractivity contribution is 0.185. The Hall–Kier alpha value is 0.110. The lowest BCUT2D eigenvalue weighted by Gasteiger charge is -2.29. The van der Waals surface area contributed by atoms with Crippen molar-refractivity contribution in [2.75, 3.05) is 32.6 Å². The van der Waals surface area contributed by atoms with Gasteiger partial charge in [-0.25, -0.2) is 0 Å². The fourth-order valence-corrected chi connectivity index (χ4v) is 3.66. The van der Waals surface area contributed by atoms with E-state index in [0.717, 1.165) is 13.1 Å². The van der Waals surface area contributed by atoms with E-state index >= 15 is 0 Å². The molecule has 1 heterocycles. The molecule has 0 amide bonds. The molecule has 90 valence electrons. The SMILES string of the molecule is CCOP(=O)(CN1CCCCC1)OCC. The Morgan fingerprint density at radius 2 is 1.60 bits per heavy atom. The highest BCUT2D eigenvalue weighted by Gasteiger charge is 2.27. The fourth-order valence-electron chi connectivity index (χ4n) is 1.86. The molecule has 0 aromatic rings. The van der Waals surface area contributed by atoms with E-state index in [9.17, 15) is 4.57 Å². The van der Waals surface area contributed by atoms with Crippen molar-refractivity contribution in [1.29, 1.82) is 0 Å². The molecule has 0 saturated carbocycles. The van der Waals surface area contributed by atoms with E-state index in [1.807, 2.05) is 13.8 Å². The summed E-state index contributed by atoms with van der Waals surface area (Å²) in [4.78, 5) is 2.19. The number of nitrogens with zero attached hydrogens (tertiary/aromatic N) is 1. The molecule has 1 rings (SSSR count). The van der Waals surface area contributed by atoms with Crippen molar-refractivity contribution in [2.24, 2.45) is 0 Å². The molecule has 15 heavy (non-hydrogen) atoms. The highest BCUT2D eigenvalue weighted by molar-refractivity contribution is 7.53. The summed E-state index contributed by atoms with van der Waals surface area (Å²) in [5.41, 5.74) is 0. The average Bonchev–Trinajstić information content (AvgIpc) is 2.19. The van der Waals surface area contributed by atoms with Crippen molar-refractivity contribution >= 4 is 7.60 Å². The zero-order valence-corrected chi connectivity index (χ0v) is 10.7. The van der Waals surface area contributed by atoms with Crippen LogP contribution in [0.3, 0.4) is 0 Å². The van der Waals surface area contributed by atoms with Crippen LogP contribution < -0.4 is 0 Å². The van der Waals surface area contributed by atoms with Gasteiger partial charge in [-0.15, -0.1) is 0 Å². The van der Waals surface area contributed by atoms with Gasteiger partial charge in [0.25, 0.3) is 0 Å². The van der Waals surface area contributed by atoms with Gasteiger partial charge in [-0.1, -0.05) is 6.42 Å². The van der Waals surface area contributed by atoms with Gasteiger partial charge in [-0.2, -0.15) is 0 Å². The van der Waals surface area contributed by atoms with E-state index in [2.05, 4.69) is 4.90 Å². The molecule has 1 fully saturated rings. The summed E-state index contributed by atoms with van der Waals surface area (Å²) < 4.78 is 22.7. The first-order chi connectivity index (χ1) is 7.20. The number of likely N-dealkylation sites (tertiary alicyclic amines) is 1. The van der Waals surface area contributed by atoms with E-state index in [1.54, 1.807) is 0 Å². The topological polar surface area (TPSA) is 38.8 Å². The van der Waals surface area contributed by atoms with Crippen molar-refractivity contribution < 1.29 is 13.6 Å². The number of piperidine rings is 1. The Morgan fingerprint density at radius 1 is 1.07 bits per heavy atom. The van der Waals surface area contributed by atoms with Crippen molar-refractivity contribution in [3.05, 3.63) is 0 Å². The van der Waals surface area contributed by atoms with Crippen LogP contribution in [-0.4, -0.2) is 37.5 Å². The summed E-state index contributed by atoms with van der Waals surface area (Å²) in [5, 5.41) is 0. The second kappa shape index (κ2) is 6.64. The predicted octanol–water partition coefficient (Wildman–Crippen LogP) is 2.70. The molecule has 0 atom stereocenters. The van der Waals surface area contributed by atoms with Crippen LogP contribution in [0.25, 0.3) is 0 Å². The summed E-state index contributed by atoms with van der Waals surface area (Å²) >= 11 is 0. The highest BCUT2D eigenvalue weighted by Crippen LogP contribution is 2.48. The molecule has 0 radical (unpaired) electrons. The molecule has 4 nitrogen and oxygen atoms in total. The first kappa shape index (κ1) is 13.2. The van der Waals surface area contributed by atoms with Gasteiger partial charge in [-0.05, 0) is 39.8 Å². The average molecular weight is 235 g/mol. The van der Waals surface area contributed by atoms with Gasteiger partial charge in [0.1, 0.15) is 6.29 Å². The van der Waals surface area contributed by atoms with E-state index < -0.39 is 7.60 Å². The lowest BCUT2D eigenvalue weighted by atomic mass is 10.1. The normalized spacial score (nSPS) is 19.3. The summed E-state index contributed by atoms with van der Waals surface area (Å²) in [7, 11) is -2.86. The zero-order chi connectivity index (χ0) is 11.1. The molecule has 1 saturated heterocycles. The third-order valence-electron chi connectivity index (χ3n) is 2.47. The molecule has 5 heteroatoms. The van der Waals surface area contributed by atoms with Crippen molar-refractivity contribution in [3.8, 4) is 0 Å². The van der Waals surface area contributed by atoms with Gasteiger partial charge >= 0.3 is 7.60 Å². The molecule has 0 bridgehead atoms. The molecule has 0 aromatic heterocycles. The molecule has 0 unspecified atom stereocenters. The van der Waals surface area contributed by atoms with E-state index in [4.69, 9.17) is 9.05 Å². The smallest absolute Gasteiger partial charge is 0.308 e. The maximum atomic E-state index is 12.2. The van der Waals surface area contributed by atoms with Crippen LogP contribution in [0.15, 0.2) is 0 Å². The largest absolute Gasteiger partial charge is 0.344 e. The molecule has 1 aliphatic heterocycles. The second-order valence-electron chi connectivity index (χ2n) is 3.77. The van der Waals surface area contributed by atoms with Crippen LogP contribution in [0.5, 0.6) is 0 Å². The monoisotopic (exact) mass is 235 g/mol. The Balaban J connectivity index is 2.45. The molecule has 0 aromatic carbocycles. The Bertz CT molecular complexity index is 207. The predicted molar refractivity (Wildman–Crippen MR) is 61.1 cm³/mol. The minimum Gasteiger partial charge on any atom is -0.308 e. The Labute approximate surface area is 92.5 Å². The van der Waals surface area contributed by atoms with Crippen molar-refractivity contribution in [3.63, 3.8) is 0 Å². The third-order valence-corrected chi connectivity index (χ3v) is 4.52. The molecule has 1 aliphatic rings. The molecule has 0 N–H and O–H groups in total. The van der Waals surface area contributed by atoms with Gasteiger partial charge in [-0.3, -0.25) is 9.46 Å². The minimum absolute atomic E-state index is 0.450. The van der Waals surface area contributed by atoms with Crippen LogP contribution in [0.4, 0.5) is 0 Å². The quantitative estimate of drug-likeness (QED) is 0.663. The zero-order valence-electron chi connectivity index (χ0n) is 9.78. The van der Waals surface area contributed by atoms with E-state index in [-0.39, 0.29) is 0 Å². The van der Waals surface area contributed by atoms with Crippen LogP contribution in [0, 0.1) is 0 Å². The lowest BCUT2D eigenvalue weighted by Crippen LogP contribution is -2.31. The van der Waals surface area contributed by atoms with E-state index in [0.29, 0.717) is 19.5 Å². The maximum absolute atomic E-state index is 12.2. The summed E-state index contributed by atoms with van der Waals surface area (Å²) in [6, 6.07) is 0. The minimum atomic E-state index is -2.86. The van der Waals surface area contributed by atoms with Crippen LogP contribution in [-0.2, 0) is 13.6 Å². The number of hydrogen-bond donors (Lipinski definition) is 0. The van der Waals surface area contributed by atoms with Crippen LogP contribution in [0.1, 0.15) is 33.1 Å². The van der Waals surface area contributed by atoms with E-state index in [1.165, 1.54) is 19.3 Å². The molecular formula is C10H22NO3P. The standard InChI is InChI=1S/C10H22NO3P/c1-3-13-15(12,14-4-2)10-11-8-6-5-7-9-11/h3-10H2,1-2H3. The van der Waals surface area contributed by atoms with Crippen LogP contribution in [0.2, 0.25) is 0 Å². The highest BCUT2D eigenvalue weighted by atomic mass is 31.2. The molecular weight excluding hydrogens is 213 g/mol. The fraction of sp³-hybridized carbons (Fsp3) is 1.00. The molecule has 0 aliphatic carbocycles. The number of hydrogen-bond acceptors (Lipinski definition) is 4. The maximum Gasteiger partial charge on any atom is 0.344 e. The molecule has 0 spiro atoms. The second-order valence-corrected chi connectivity index (χ2v) is 5.79. The summed E-state index contributed by atoms with van der Waals surface area (Å²) in [6.45, 7) is 6.63.